The Labute approximate surface area is 96.2 Å². The first-order valence-electron chi connectivity index (χ1n) is 4.07. The molecule has 0 saturated heterocycles. The van der Waals surface area contributed by atoms with Gasteiger partial charge in [-0.25, -0.2) is 0 Å². The van der Waals surface area contributed by atoms with Gasteiger partial charge in [-0.05, 0) is 12.1 Å². The Morgan fingerprint density at radius 1 is 1.47 bits per heavy atom. The highest BCUT2D eigenvalue weighted by atomic mass is 35.5. The lowest BCUT2D eigenvalue weighted by Gasteiger charge is -2.12. The highest BCUT2D eigenvalue weighted by Gasteiger charge is 2.17. The first-order chi connectivity index (χ1) is 6.91. The molecule has 0 bridgehead atoms. The van der Waals surface area contributed by atoms with Crippen molar-refractivity contribution in [2.45, 2.75) is 12.5 Å². The van der Waals surface area contributed by atoms with Crippen molar-refractivity contribution in [2.75, 3.05) is 0 Å². The molecule has 0 saturated carbocycles. The van der Waals surface area contributed by atoms with Crippen molar-refractivity contribution in [3.8, 4) is 5.75 Å². The van der Waals surface area contributed by atoms with Crippen molar-refractivity contribution in [3.63, 3.8) is 0 Å². The molecule has 0 spiro atoms. The first-order valence-corrected chi connectivity index (χ1v) is 4.82. The number of nitrogens with two attached hydrogens (primary N) is 1. The van der Waals surface area contributed by atoms with Gasteiger partial charge >= 0.3 is 5.97 Å². The minimum absolute atomic E-state index is 0.0540. The number of carboxylic acid groups (broad SMARTS) is 1. The number of aliphatic carboxylic acids is 1. The Balaban J connectivity index is 3.07. The van der Waals surface area contributed by atoms with E-state index in [4.69, 9.17) is 34.0 Å². The summed E-state index contributed by atoms with van der Waals surface area (Å²) in [4.78, 5) is 10.4. The Bertz CT molecular complexity index is 395. The van der Waals surface area contributed by atoms with E-state index in [0.717, 1.165) is 0 Å². The molecule has 0 radical (unpaired) electrons. The van der Waals surface area contributed by atoms with E-state index in [1.165, 1.54) is 12.1 Å². The third kappa shape index (κ3) is 2.99. The van der Waals surface area contributed by atoms with Gasteiger partial charge in [0.25, 0.3) is 0 Å². The lowest BCUT2D eigenvalue weighted by Crippen LogP contribution is -2.15. The molecule has 0 aromatic heterocycles. The second-order valence-corrected chi connectivity index (χ2v) is 3.87. The first kappa shape index (κ1) is 12.1. The molecule has 1 rings (SSSR count). The third-order valence-corrected chi connectivity index (χ3v) is 2.36. The maximum Gasteiger partial charge on any atom is 0.305 e. The summed E-state index contributed by atoms with van der Waals surface area (Å²) in [6.45, 7) is 0. The highest BCUT2D eigenvalue weighted by Crippen LogP contribution is 2.34. The summed E-state index contributed by atoms with van der Waals surface area (Å²) in [5.41, 5.74) is 5.81. The van der Waals surface area contributed by atoms with Gasteiger partial charge in [0.1, 0.15) is 5.75 Å². The van der Waals surface area contributed by atoms with Gasteiger partial charge in [-0.2, -0.15) is 0 Å². The van der Waals surface area contributed by atoms with Crippen molar-refractivity contribution >= 4 is 29.2 Å². The number of hydrogen-bond donors (Lipinski definition) is 3. The normalized spacial score (nSPS) is 12.5. The molecular formula is C9H9Cl2NO3. The molecule has 6 heteroatoms. The molecular weight excluding hydrogens is 241 g/mol. The number of phenols is 1. The molecule has 0 aliphatic rings. The largest absolute Gasteiger partial charge is 0.506 e. The van der Waals surface area contributed by atoms with Crippen LogP contribution in [0.3, 0.4) is 0 Å². The van der Waals surface area contributed by atoms with Gasteiger partial charge in [-0.1, -0.05) is 23.2 Å². The van der Waals surface area contributed by atoms with E-state index in [9.17, 15) is 9.90 Å². The number of phenolic OH excluding ortho intramolecular Hbond substituents is 1. The van der Waals surface area contributed by atoms with Gasteiger partial charge in [0.05, 0.1) is 11.4 Å². The number of aromatic hydroxyl groups is 1. The summed E-state index contributed by atoms with van der Waals surface area (Å²) in [5.74, 6) is -1.28. The van der Waals surface area contributed by atoms with Gasteiger partial charge in [-0.15, -0.1) is 0 Å². The van der Waals surface area contributed by atoms with Crippen LogP contribution in [-0.2, 0) is 4.79 Å². The average molecular weight is 250 g/mol. The molecule has 0 aliphatic heterocycles. The van der Waals surface area contributed by atoms with Crippen molar-refractivity contribution in [1.82, 2.24) is 0 Å². The molecule has 0 amide bonds. The minimum atomic E-state index is -1.06. The average Bonchev–Trinajstić information content (AvgIpc) is 2.09. The van der Waals surface area contributed by atoms with Crippen molar-refractivity contribution in [2.24, 2.45) is 5.73 Å². The molecule has 1 atom stereocenters. The second-order valence-electron chi connectivity index (χ2n) is 3.03. The fourth-order valence-electron chi connectivity index (χ4n) is 1.17. The number of rotatable bonds is 3. The molecule has 0 fully saturated rings. The zero-order chi connectivity index (χ0) is 11.6. The maximum absolute atomic E-state index is 10.4. The molecule has 15 heavy (non-hydrogen) atoms. The summed E-state index contributed by atoms with van der Waals surface area (Å²) < 4.78 is 0. The fraction of sp³-hybridized carbons (Fsp3) is 0.222. The van der Waals surface area contributed by atoms with E-state index in [0.29, 0.717) is 5.02 Å². The molecule has 4 N–H and O–H groups in total. The zero-order valence-electron chi connectivity index (χ0n) is 7.58. The van der Waals surface area contributed by atoms with E-state index in [1.54, 1.807) is 0 Å². The summed E-state index contributed by atoms with van der Waals surface area (Å²) in [6, 6.07) is 1.92. The predicted molar refractivity (Wildman–Crippen MR) is 57.3 cm³/mol. The predicted octanol–water partition coefficient (Wildman–Crippen LogP) is 2.17. The van der Waals surface area contributed by atoms with Gasteiger partial charge in [0.15, 0.2) is 0 Å². The van der Waals surface area contributed by atoms with Crippen LogP contribution in [0.1, 0.15) is 18.0 Å². The summed E-state index contributed by atoms with van der Waals surface area (Å²) in [7, 11) is 0. The Kier molecular flexibility index (Phi) is 3.79. The Morgan fingerprint density at radius 2 is 2.07 bits per heavy atom. The maximum atomic E-state index is 10.4. The number of hydrogen-bond acceptors (Lipinski definition) is 3. The second kappa shape index (κ2) is 4.70. The third-order valence-electron chi connectivity index (χ3n) is 1.85. The molecule has 82 valence electrons. The molecule has 1 aromatic carbocycles. The smallest absolute Gasteiger partial charge is 0.305 e. The molecule has 0 aliphatic carbocycles. The lowest BCUT2D eigenvalue weighted by atomic mass is 10.0. The van der Waals surface area contributed by atoms with Crippen LogP contribution in [-0.4, -0.2) is 16.2 Å². The fourth-order valence-corrected chi connectivity index (χ4v) is 1.68. The van der Waals surface area contributed by atoms with Crippen molar-refractivity contribution < 1.29 is 15.0 Å². The summed E-state index contributed by atoms with van der Waals surface area (Å²) in [6.07, 6.45) is -0.301. The lowest BCUT2D eigenvalue weighted by molar-refractivity contribution is -0.137. The number of carboxylic acids is 1. The summed E-state index contributed by atoms with van der Waals surface area (Å²) >= 11 is 11.4. The number of halogens is 2. The standard InChI is InChI=1S/C9H9Cl2NO3/c10-4-1-5(7(12)3-8(13)14)9(15)6(11)2-4/h1-2,7,15H,3,12H2,(H,13,14). The van der Waals surface area contributed by atoms with Gasteiger partial charge in [0.2, 0.25) is 0 Å². The topological polar surface area (TPSA) is 83.6 Å². The van der Waals surface area contributed by atoms with Crippen LogP contribution in [0.2, 0.25) is 10.0 Å². The van der Waals surface area contributed by atoms with E-state index in [1.807, 2.05) is 0 Å². The van der Waals surface area contributed by atoms with Gasteiger partial charge in [-0.3, -0.25) is 4.79 Å². The quantitative estimate of drug-likeness (QED) is 0.767. The Hall–Kier alpha value is -0.970. The van der Waals surface area contributed by atoms with Crippen molar-refractivity contribution in [1.29, 1.82) is 0 Å². The van der Waals surface area contributed by atoms with Crippen LogP contribution in [0.25, 0.3) is 0 Å². The number of benzene rings is 1. The Morgan fingerprint density at radius 3 is 2.60 bits per heavy atom. The monoisotopic (exact) mass is 249 g/mol. The zero-order valence-corrected chi connectivity index (χ0v) is 9.09. The van der Waals surface area contributed by atoms with Crippen LogP contribution in [0.15, 0.2) is 12.1 Å². The van der Waals surface area contributed by atoms with E-state index in [-0.39, 0.29) is 22.8 Å². The van der Waals surface area contributed by atoms with Crippen molar-refractivity contribution in [3.05, 3.63) is 27.7 Å². The van der Waals surface area contributed by atoms with Crippen LogP contribution in [0.4, 0.5) is 0 Å². The molecule has 0 heterocycles. The van der Waals surface area contributed by atoms with Crippen LogP contribution in [0, 0.1) is 0 Å². The SMILES string of the molecule is NC(CC(=O)O)c1cc(Cl)cc(Cl)c1O. The van der Waals surface area contributed by atoms with Gasteiger partial charge in [0, 0.05) is 16.6 Å². The van der Waals surface area contributed by atoms with E-state index in [2.05, 4.69) is 0 Å². The molecule has 4 nitrogen and oxygen atoms in total. The van der Waals surface area contributed by atoms with Crippen LogP contribution in [0.5, 0.6) is 5.75 Å². The van der Waals surface area contributed by atoms with E-state index < -0.39 is 12.0 Å². The van der Waals surface area contributed by atoms with Gasteiger partial charge < -0.3 is 15.9 Å². The molecule has 1 unspecified atom stereocenters. The minimum Gasteiger partial charge on any atom is -0.506 e. The van der Waals surface area contributed by atoms with Crippen LogP contribution >= 0.6 is 23.2 Å². The molecule has 1 aromatic rings. The van der Waals surface area contributed by atoms with Crippen LogP contribution < -0.4 is 5.73 Å². The number of carbonyl (C=O) groups is 1. The highest BCUT2D eigenvalue weighted by molar-refractivity contribution is 6.35. The summed E-state index contributed by atoms with van der Waals surface area (Å²) in [5, 5.41) is 18.4. The van der Waals surface area contributed by atoms with E-state index >= 15 is 0 Å².